The van der Waals surface area contributed by atoms with Crippen molar-refractivity contribution in [1.29, 1.82) is 0 Å². The maximum atomic E-state index is 12.7. The van der Waals surface area contributed by atoms with Gasteiger partial charge in [-0.25, -0.2) is 14.6 Å². The van der Waals surface area contributed by atoms with E-state index in [-0.39, 0.29) is 22.4 Å². The summed E-state index contributed by atoms with van der Waals surface area (Å²) in [5, 5.41) is 2.74. The van der Waals surface area contributed by atoms with Crippen LogP contribution in [-0.4, -0.2) is 41.6 Å². The summed E-state index contributed by atoms with van der Waals surface area (Å²) in [6.07, 6.45) is -0.670. The van der Waals surface area contributed by atoms with Crippen LogP contribution < -0.4 is 5.32 Å². The van der Waals surface area contributed by atoms with E-state index in [1.807, 2.05) is 13.8 Å². The SMILES string of the molecule is COC(=O)c1nc(C(=O)[C@@H](NC(=O)OC(C)(C)C)C(C)C)sc1C. The van der Waals surface area contributed by atoms with Crippen molar-refractivity contribution in [3.63, 3.8) is 0 Å². The van der Waals surface area contributed by atoms with Crippen LogP contribution in [0.3, 0.4) is 0 Å². The van der Waals surface area contributed by atoms with Crippen molar-refractivity contribution in [3.8, 4) is 0 Å². The molecule has 0 saturated heterocycles. The molecule has 0 fully saturated rings. The number of ether oxygens (including phenoxy) is 2. The number of nitrogens with zero attached hydrogens (tertiary/aromatic N) is 1. The Labute approximate surface area is 145 Å². The van der Waals surface area contributed by atoms with Crippen molar-refractivity contribution < 1.29 is 23.9 Å². The number of carbonyl (C=O) groups is 3. The van der Waals surface area contributed by atoms with Gasteiger partial charge in [-0.15, -0.1) is 11.3 Å². The van der Waals surface area contributed by atoms with Crippen LogP contribution in [0, 0.1) is 12.8 Å². The average molecular weight is 356 g/mol. The zero-order valence-electron chi connectivity index (χ0n) is 15.1. The molecule has 7 nitrogen and oxygen atoms in total. The second-order valence-electron chi connectivity index (χ2n) is 6.65. The standard InChI is InChI=1S/C16H24N2O5S/c1-8(2)10(18-15(21)23-16(4,5)6)12(19)13-17-11(9(3)24-13)14(20)22-7/h8,10H,1-7H3,(H,18,21)/t10-/m0/s1. The lowest BCUT2D eigenvalue weighted by molar-refractivity contribution is 0.0474. The van der Waals surface area contributed by atoms with Gasteiger partial charge >= 0.3 is 12.1 Å². The first-order valence-electron chi connectivity index (χ1n) is 7.55. The normalized spacial score (nSPS) is 12.7. The highest BCUT2D eigenvalue weighted by Gasteiger charge is 2.31. The highest BCUT2D eigenvalue weighted by molar-refractivity contribution is 7.13. The van der Waals surface area contributed by atoms with Gasteiger partial charge in [0.05, 0.1) is 7.11 Å². The van der Waals surface area contributed by atoms with Crippen LogP contribution in [0.15, 0.2) is 0 Å². The molecule has 0 saturated carbocycles. The lowest BCUT2D eigenvalue weighted by Crippen LogP contribution is -2.46. The summed E-state index contributed by atoms with van der Waals surface area (Å²) in [5.41, 5.74) is -0.546. The van der Waals surface area contributed by atoms with Crippen molar-refractivity contribution in [2.24, 2.45) is 5.92 Å². The summed E-state index contributed by atoms with van der Waals surface area (Å²) in [4.78, 5) is 40.9. The Bertz CT molecular complexity index is 631. The summed E-state index contributed by atoms with van der Waals surface area (Å²) in [6, 6.07) is -0.795. The minimum Gasteiger partial charge on any atom is -0.464 e. The number of esters is 1. The van der Waals surface area contributed by atoms with E-state index in [2.05, 4.69) is 15.0 Å². The highest BCUT2D eigenvalue weighted by Crippen LogP contribution is 2.21. The molecule has 0 spiro atoms. The number of ketones is 1. The summed E-state index contributed by atoms with van der Waals surface area (Å²) in [7, 11) is 1.25. The molecule has 1 rings (SSSR count). The first kappa shape index (κ1) is 20.1. The molecule has 0 aliphatic heterocycles. The van der Waals surface area contributed by atoms with Crippen LogP contribution in [0.1, 0.15) is 59.8 Å². The number of alkyl carbamates (subject to hydrolysis) is 1. The Kier molecular flexibility index (Phi) is 6.48. The lowest BCUT2D eigenvalue weighted by atomic mass is 10.0. The third-order valence-electron chi connectivity index (χ3n) is 3.01. The fourth-order valence-electron chi connectivity index (χ4n) is 1.89. The Morgan fingerprint density at radius 2 is 1.79 bits per heavy atom. The molecule has 8 heteroatoms. The third kappa shape index (κ3) is 5.30. The van der Waals surface area contributed by atoms with Gasteiger partial charge in [0.15, 0.2) is 10.7 Å². The van der Waals surface area contributed by atoms with Gasteiger partial charge in [0.2, 0.25) is 5.78 Å². The predicted molar refractivity (Wildman–Crippen MR) is 90.5 cm³/mol. The van der Waals surface area contributed by atoms with E-state index in [0.29, 0.717) is 4.88 Å². The molecule has 1 aromatic rings. The molecule has 1 amide bonds. The molecule has 1 heterocycles. The van der Waals surface area contributed by atoms with Gasteiger partial charge in [0.1, 0.15) is 11.6 Å². The number of aryl methyl sites for hydroxylation is 1. The largest absolute Gasteiger partial charge is 0.464 e. The van der Waals surface area contributed by atoms with E-state index in [0.717, 1.165) is 11.3 Å². The lowest BCUT2D eigenvalue weighted by Gasteiger charge is -2.24. The summed E-state index contributed by atoms with van der Waals surface area (Å²) in [5.74, 6) is -1.13. The summed E-state index contributed by atoms with van der Waals surface area (Å²) < 4.78 is 9.84. The minimum absolute atomic E-state index is 0.116. The molecule has 0 radical (unpaired) electrons. The van der Waals surface area contributed by atoms with Crippen molar-refractivity contribution >= 4 is 29.2 Å². The molecule has 24 heavy (non-hydrogen) atoms. The minimum atomic E-state index is -0.795. The molecule has 0 aromatic carbocycles. The Morgan fingerprint density at radius 3 is 2.25 bits per heavy atom. The van der Waals surface area contributed by atoms with Gasteiger partial charge in [-0.2, -0.15) is 0 Å². The van der Waals surface area contributed by atoms with E-state index >= 15 is 0 Å². The third-order valence-corrected chi connectivity index (χ3v) is 3.99. The fraction of sp³-hybridized carbons (Fsp3) is 0.625. The molecule has 1 N–H and O–H groups in total. The average Bonchev–Trinajstić information content (AvgIpc) is 2.83. The maximum Gasteiger partial charge on any atom is 0.408 e. The van der Waals surface area contributed by atoms with Gasteiger partial charge in [-0.3, -0.25) is 4.79 Å². The molecule has 0 bridgehead atoms. The Morgan fingerprint density at radius 1 is 1.21 bits per heavy atom. The number of nitrogens with one attached hydrogen (secondary N) is 1. The van der Waals surface area contributed by atoms with E-state index in [1.165, 1.54) is 7.11 Å². The van der Waals surface area contributed by atoms with E-state index in [4.69, 9.17) is 4.74 Å². The first-order valence-corrected chi connectivity index (χ1v) is 8.37. The van der Waals surface area contributed by atoms with Crippen molar-refractivity contribution in [1.82, 2.24) is 10.3 Å². The molecule has 0 aliphatic rings. The molecule has 0 unspecified atom stereocenters. The number of methoxy groups -OCH3 is 1. The van der Waals surface area contributed by atoms with E-state index in [9.17, 15) is 14.4 Å². The zero-order chi connectivity index (χ0) is 18.7. The topological polar surface area (TPSA) is 94.6 Å². The highest BCUT2D eigenvalue weighted by atomic mass is 32.1. The zero-order valence-corrected chi connectivity index (χ0v) is 15.9. The summed E-state index contributed by atoms with van der Waals surface area (Å²) >= 11 is 1.10. The van der Waals surface area contributed by atoms with Crippen LogP contribution in [0.5, 0.6) is 0 Å². The molecule has 1 atom stereocenters. The molecular weight excluding hydrogens is 332 g/mol. The number of hydrogen-bond donors (Lipinski definition) is 1. The fourth-order valence-corrected chi connectivity index (χ4v) is 2.77. The van der Waals surface area contributed by atoms with Gasteiger partial charge in [-0.05, 0) is 33.6 Å². The number of amides is 1. The smallest absolute Gasteiger partial charge is 0.408 e. The number of Topliss-reactive ketones (excluding diaryl/α,β-unsaturated/α-hetero) is 1. The van der Waals surface area contributed by atoms with E-state index in [1.54, 1.807) is 27.7 Å². The Hall–Kier alpha value is -1.96. The van der Waals surface area contributed by atoms with Gasteiger partial charge in [0, 0.05) is 4.88 Å². The molecule has 0 aliphatic carbocycles. The number of carbonyl (C=O) groups excluding carboxylic acids is 3. The second-order valence-corrected chi connectivity index (χ2v) is 7.85. The van der Waals surface area contributed by atoms with Gasteiger partial charge in [0.25, 0.3) is 0 Å². The maximum absolute atomic E-state index is 12.7. The molecule has 1 aromatic heterocycles. The van der Waals surface area contributed by atoms with Crippen LogP contribution in [0.25, 0.3) is 0 Å². The van der Waals surface area contributed by atoms with Crippen LogP contribution in [0.2, 0.25) is 0 Å². The number of thiazole rings is 1. The van der Waals surface area contributed by atoms with Crippen LogP contribution >= 0.6 is 11.3 Å². The number of rotatable bonds is 5. The van der Waals surface area contributed by atoms with E-state index < -0.39 is 23.7 Å². The second kappa shape index (κ2) is 7.74. The summed E-state index contributed by atoms with van der Waals surface area (Å²) in [6.45, 7) is 10.5. The quantitative estimate of drug-likeness (QED) is 0.644. The van der Waals surface area contributed by atoms with Gasteiger partial charge < -0.3 is 14.8 Å². The molecular formula is C16H24N2O5S. The predicted octanol–water partition coefficient (Wildman–Crippen LogP) is 2.97. The van der Waals surface area contributed by atoms with Crippen LogP contribution in [-0.2, 0) is 9.47 Å². The number of hydrogen-bond acceptors (Lipinski definition) is 7. The van der Waals surface area contributed by atoms with Gasteiger partial charge in [-0.1, -0.05) is 13.8 Å². The first-order chi connectivity index (χ1) is 11.0. The van der Waals surface area contributed by atoms with Crippen molar-refractivity contribution in [2.75, 3.05) is 7.11 Å². The monoisotopic (exact) mass is 356 g/mol. The Balaban J connectivity index is 2.99. The molecule has 134 valence electrons. The van der Waals surface area contributed by atoms with Crippen molar-refractivity contribution in [3.05, 3.63) is 15.6 Å². The number of aromatic nitrogens is 1. The van der Waals surface area contributed by atoms with Crippen molar-refractivity contribution in [2.45, 2.75) is 53.2 Å². The van der Waals surface area contributed by atoms with Crippen LogP contribution in [0.4, 0.5) is 4.79 Å².